The van der Waals surface area contributed by atoms with Crippen molar-refractivity contribution in [3.63, 3.8) is 0 Å². The third-order valence-electron chi connectivity index (χ3n) is 2.01. The molecule has 1 rings (SSSR count). The Labute approximate surface area is 69.8 Å². The molecule has 0 radical (unpaired) electrons. The zero-order chi connectivity index (χ0) is 9.14. The van der Waals surface area contributed by atoms with E-state index < -0.39 is 18.1 Å². The van der Waals surface area contributed by atoms with Crippen LogP contribution < -0.4 is 0 Å². The molecule has 2 N–H and O–H groups in total. The van der Waals surface area contributed by atoms with Gasteiger partial charge < -0.3 is 15.1 Å². The Morgan fingerprint density at radius 2 is 2.33 bits per heavy atom. The monoisotopic (exact) mass is 170 g/mol. The van der Waals surface area contributed by atoms with Crippen LogP contribution in [0.3, 0.4) is 0 Å². The highest BCUT2D eigenvalue weighted by Crippen LogP contribution is 2.16. The van der Waals surface area contributed by atoms with Gasteiger partial charge in [0.05, 0.1) is 18.1 Å². The topological polar surface area (TPSA) is 84.6 Å². The number of hydrogen-bond donors (Lipinski definition) is 2. The van der Waals surface area contributed by atoms with Crippen LogP contribution in [0.5, 0.6) is 0 Å². The maximum absolute atomic E-state index is 10.5. The molecule has 1 aliphatic rings. The third kappa shape index (κ3) is 1.66. The average molecular weight is 170 g/mol. The number of aliphatic hydroxyl groups excluding tert-OH is 1. The van der Waals surface area contributed by atoms with E-state index in [2.05, 4.69) is 0 Å². The maximum Gasteiger partial charge on any atom is 0.407 e. The molecule has 0 spiro atoms. The molecule has 2 atom stereocenters. The summed E-state index contributed by atoms with van der Waals surface area (Å²) in [7, 11) is 0. The molecule has 66 valence electrons. The molecule has 1 amide bonds. The van der Waals surface area contributed by atoms with Gasteiger partial charge in [-0.2, -0.15) is 5.26 Å². The van der Waals surface area contributed by atoms with Gasteiger partial charge in [-0.25, -0.2) is 4.79 Å². The maximum atomic E-state index is 10.5. The molecule has 0 aliphatic carbocycles. The van der Waals surface area contributed by atoms with Crippen molar-refractivity contribution in [2.75, 3.05) is 13.1 Å². The summed E-state index contributed by atoms with van der Waals surface area (Å²) in [6, 6.07) is 1.88. The van der Waals surface area contributed by atoms with Gasteiger partial charge in [-0.3, -0.25) is 0 Å². The predicted molar refractivity (Wildman–Crippen MR) is 39.3 cm³/mol. The summed E-state index contributed by atoms with van der Waals surface area (Å²) in [5, 5.41) is 26.3. The molecule has 1 saturated heterocycles. The van der Waals surface area contributed by atoms with Crippen molar-refractivity contribution in [1.29, 1.82) is 5.26 Å². The van der Waals surface area contributed by atoms with E-state index in [0.717, 1.165) is 4.90 Å². The first-order chi connectivity index (χ1) is 5.65. The first-order valence-corrected chi connectivity index (χ1v) is 3.70. The zero-order valence-electron chi connectivity index (χ0n) is 6.47. The van der Waals surface area contributed by atoms with E-state index in [1.165, 1.54) is 0 Å². The molecule has 5 nitrogen and oxygen atoms in total. The minimum absolute atomic E-state index is 0.118. The van der Waals surface area contributed by atoms with Crippen molar-refractivity contribution in [3.8, 4) is 6.07 Å². The lowest BCUT2D eigenvalue weighted by Crippen LogP contribution is -2.44. The van der Waals surface area contributed by atoms with Gasteiger partial charge in [0.2, 0.25) is 0 Å². The zero-order valence-corrected chi connectivity index (χ0v) is 6.47. The van der Waals surface area contributed by atoms with E-state index in [4.69, 9.17) is 10.4 Å². The second-order valence-electron chi connectivity index (χ2n) is 2.82. The number of likely N-dealkylation sites (tertiary alicyclic amines) is 1. The van der Waals surface area contributed by atoms with Crippen molar-refractivity contribution < 1.29 is 15.0 Å². The number of piperidine rings is 1. The molecule has 0 aromatic carbocycles. The number of carbonyl (C=O) groups is 1. The van der Waals surface area contributed by atoms with Gasteiger partial charge in [-0.15, -0.1) is 0 Å². The number of hydrogen-bond acceptors (Lipinski definition) is 3. The summed E-state index contributed by atoms with van der Waals surface area (Å²) in [4.78, 5) is 11.6. The molecule has 0 bridgehead atoms. The van der Waals surface area contributed by atoms with Crippen LogP contribution in [0.1, 0.15) is 6.42 Å². The minimum Gasteiger partial charge on any atom is -0.465 e. The van der Waals surface area contributed by atoms with Crippen LogP contribution in [0.15, 0.2) is 0 Å². The van der Waals surface area contributed by atoms with Crippen LogP contribution in [-0.4, -0.2) is 40.4 Å². The van der Waals surface area contributed by atoms with Crippen LogP contribution in [0.25, 0.3) is 0 Å². The fourth-order valence-corrected chi connectivity index (χ4v) is 1.24. The van der Waals surface area contributed by atoms with Gasteiger partial charge in [-0.1, -0.05) is 0 Å². The van der Waals surface area contributed by atoms with Gasteiger partial charge in [0, 0.05) is 13.1 Å². The van der Waals surface area contributed by atoms with Gasteiger partial charge in [0.1, 0.15) is 0 Å². The van der Waals surface area contributed by atoms with Crippen molar-refractivity contribution in [2.24, 2.45) is 5.92 Å². The Hall–Kier alpha value is -1.28. The van der Waals surface area contributed by atoms with E-state index >= 15 is 0 Å². The first-order valence-electron chi connectivity index (χ1n) is 3.70. The molecular weight excluding hydrogens is 160 g/mol. The molecule has 5 heteroatoms. The average Bonchev–Trinajstić information content (AvgIpc) is 2.05. The van der Waals surface area contributed by atoms with E-state index in [9.17, 15) is 9.90 Å². The molecule has 0 aromatic heterocycles. The quantitative estimate of drug-likeness (QED) is 0.530. The lowest BCUT2D eigenvalue weighted by atomic mass is 9.97. The Morgan fingerprint density at radius 1 is 1.67 bits per heavy atom. The highest BCUT2D eigenvalue weighted by Gasteiger charge is 2.29. The molecule has 1 heterocycles. The molecule has 1 aliphatic heterocycles. The van der Waals surface area contributed by atoms with Crippen molar-refractivity contribution >= 4 is 6.09 Å². The number of carboxylic acid groups (broad SMARTS) is 1. The smallest absolute Gasteiger partial charge is 0.407 e. The van der Waals surface area contributed by atoms with Crippen molar-refractivity contribution in [1.82, 2.24) is 4.90 Å². The third-order valence-corrected chi connectivity index (χ3v) is 2.01. The standard InChI is InChI=1S/C7H10N2O3/c8-3-5-4-9(7(11)12)2-1-6(5)10/h5-6,10H,1-2,4H2,(H,11,12). The number of aliphatic hydroxyl groups is 1. The Bertz CT molecular complexity index is 223. The normalized spacial score (nSPS) is 29.5. The van der Waals surface area contributed by atoms with Crippen LogP contribution >= 0.6 is 0 Å². The lowest BCUT2D eigenvalue weighted by Gasteiger charge is -2.30. The fourth-order valence-electron chi connectivity index (χ4n) is 1.24. The summed E-state index contributed by atoms with van der Waals surface area (Å²) >= 11 is 0. The Morgan fingerprint density at radius 3 is 2.83 bits per heavy atom. The molecule has 12 heavy (non-hydrogen) atoms. The fraction of sp³-hybridized carbons (Fsp3) is 0.714. The van der Waals surface area contributed by atoms with E-state index in [-0.39, 0.29) is 6.54 Å². The Balaban J connectivity index is 2.57. The van der Waals surface area contributed by atoms with Crippen molar-refractivity contribution in [3.05, 3.63) is 0 Å². The molecule has 0 aromatic rings. The predicted octanol–water partition coefficient (Wildman–Crippen LogP) is -0.129. The minimum atomic E-state index is -1.03. The van der Waals surface area contributed by atoms with E-state index in [0.29, 0.717) is 13.0 Å². The largest absolute Gasteiger partial charge is 0.465 e. The van der Waals surface area contributed by atoms with Crippen LogP contribution in [0.2, 0.25) is 0 Å². The lowest BCUT2D eigenvalue weighted by molar-refractivity contribution is 0.0504. The SMILES string of the molecule is N#CC1CN(C(=O)O)CCC1O. The summed E-state index contributed by atoms with van der Waals surface area (Å²) in [6.07, 6.45) is -1.35. The molecular formula is C7H10N2O3. The summed E-state index contributed by atoms with van der Waals surface area (Å²) < 4.78 is 0. The second kappa shape index (κ2) is 3.41. The number of rotatable bonds is 0. The van der Waals surface area contributed by atoms with E-state index in [1.807, 2.05) is 6.07 Å². The van der Waals surface area contributed by atoms with Crippen LogP contribution in [-0.2, 0) is 0 Å². The molecule has 0 saturated carbocycles. The van der Waals surface area contributed by atoms with Gasteiger partial charge in [0.25, 0.3) is 0 Å². The van der Waals surface area contributed by atoms with E-state index in [1.54, 1.807) is 0 Å². The van der Waals surface area contributed by atoms with Crippen LogP contribution in [0, 0.1) is 17.2 Å². The van der Waals surface area contributed by atoms with Crippen molar-refractivity contribution in [2.45, 2.75) is 12.5 Å². The van der Waals surface area contributed by atoms with Gasteiger partial charge in [-0.05, 0) is 6.42 Å². The van der Waals surface area contributed by atoms with Crippen LogP contribution in [0.4, 0.5) is 4.79 Å². The summed E-state index contributed by atoms with van der Waals surface area (Å²) in [5.41, 5.74) is 0. The summed E-state index contributed by atoms with van der Waals surface area (Å²) in [6.45, 7) is 0.432. The van der Waals surface area contributed by atoms with Gasteiger partial charge in [0.15, 0.2) is 0 Å². The molecule has 1 fully saturated rings. The van der Waals surface area contributed by atoms with Gasteiger partial charge >= 0.3 is 6.09 Å². The number of amides is 1. The second-order valence-corrected chi connectivity index (χ2v) is 2.82. The first kappa shape index (κ1) is 8.81. The summed E-state index contributed by atoms with van der Waals surface area (Å²) in [5.74, 6) is -0.574. The highest BCUT2D eigenvalue weighted by molar-refractivity contribution is 5.65. The number of nitriles is 1. The highest BCUT2D eigenvalue weighted by atomic mass is 16.4. The number of nitrogens with zero attached hydrogens (tertiary/aromatic N) is 2. The Kier molecular flexibility index (Phi) is 2.51. The molecule has 2 unspecified atom stereocenters.